The number of alkyl halides is 3. The lowest BCUT2D eigenvalue weighted by Crippen LogP contribution is -2.35. The van der Waals surface area contributed by atoms with Gasteiger partial charge in [-0.3, -0.25) is 4.79 Å². The molecule has 0 aliphatic carbocycles. The van der Waals surface area contributed by atoms with Crippen molar-refractivity contribution in [3.8, 4) is 17.2 Å². The summed E-state index contributed by atoms with van der Waals surface area (Å²) in [4.78, 5) is 12.3. The molecule has 0 aromatic heterocycles. The van der Waals surface area contributed by atoms with Gasteiger partial charge in [-0.1, -0.05) is 19.9 Å². The molecule has 2 aromatic carbocycles. The molecule has 2 aromatic rings. The van der Waals surface area contributed by atoms with E-state index in [-0.39, 0.29) is 30.2 Å². The number of nitrogens with one attached hydrogen (secondary N) is 1. The van der Waals surface area contributed by atoms with Crippen LogP contribution in [0.25, 0.3) is 0 Å². The zero-order valence-electron chi connectivity index (χ0n) is 16.1. The van der Waals surface area contributed by atoms with Crippen molar-refractivity contribution >= 4 is 5.91 Å². The van der Waals surface area contributed by atoms with Crippen LogP contribution in [-0.2, 0) is 11.0 Å². The molecule has 1 aliphatic rings. The van der Waals surface area contributed by atoms with E-state index in [0.29, 0.717) is 24.7 Å². The predicted molar refractivity (Wildman–Crippen MR) is 100 cm³/mol. The second-order valence-electron chi connectivity index (χ2n) is 7.00. The Morgan fingerprint density at radius 2 is 1.72 bits per heavy atom. The van der Waals surface area contributed by atoms with Crippen LogP contribution in [-0.4, -0.2) is 25.7 Å². The summed E-state index contributed by atoms with van der Waals surface area (Å²) in [5.41, 5.74) is 0.0971. The van der Waals surface area contributed by atoms with Crippen LogP contribution < -0.4 is 19.5 Å². The number of hydrogen-bond donors (Lipinski definition) is 1. The Bertz CT molecular complexity index is 850. The molecule has 0 bridgehead atoms. The topological polar surface area (TPSA) is 56.8 Å². The normalized spacial score (nSPS) is 14.4. The van der Waals surface area contributed by atoms with Gasteiger partial charge in [0.05, 0.1) is 11.6 Å². The molecule has 5 nitrogen and oxygen atoms in total. The Labute approximate surface area is 166 Å². The molecule has 0 fully saturated rings. The molecule has 1 amide bonds. The Hall–Kier alpha value is -2.90. The summed E-state index contributed by atoms with van der Waals surface area (Å²) in [5.74, 6) is 1.20. The van der Waals surface area contributed by atoms with E-state index < -0.39 is 11.7 Å². The zero-order chi connectivity index (χ0) is 21.0. The summed E-state index contributed by atoms with van der Waals surface area (Å²) in [6.07, 6.45) is -4.41. The van der Waals surface area contributed by atoms with Crippen molar-refractivity contribution in [3.05, 3.63) is 53.6 Å². The number of rotatable bonds is 6. The Kier molecular flexibility index (Phi) is 6.20. The first-order valence-corrected chi connectivity index (χ1v) is 9.23. The third kappa shape index (κ3) is 5.34. The minimum atomic E-state index is -4.41. The lowest BCUT2D eigenvalue weighted by atomic mass is 9.95. The van der Waals surface area contributed by atoms with Gasteiger partial charge in [0.1, 0.15) is 19.0 Å². The maximum absolute atomic E-state index is 12.6. The maximum atomic E-state index is 12.6. The van der Waals surface area contributed by atoms with Gasteiger partial charge in [0.15, 0.2) is 18.1 Å². The van der Waals surface area contributed by atoms with Crippen molar-refractivity contribution in [3.63, 3.8) is 0 Å². The Morgan fingerprint density at radius 3 is 2.34 bits per heavy atom. The summed E-state index contributed by atoms with van der Waals surface area (Å²) in [7, 11) is 0. The molecule has 0 unspecified atom stereocenters. The molecule has 1 heterocycles. The first-order chi connectivity index (χ1) is 13.7. The summed E-state index contributed by atoms with van der Waals surface area (Å²) in [6, 6.07) is 9.46. The van der Waals surface area contributed by atoms with Crippen molar-refractivity contribution in [2.45, 2.75) is 26.1 Å². The molecule has 0 spiro atoms. The van der Waals surface area contributed by atoms with Crippen LogP contribution in [0.4, 0.5) is 13.2 Å². The van der Waals surface area contributed by atoms with Crippen LogP contribution in [0.3, 0.4) is 0 Å². The van der Waals surface area contributed by atoms with Gasteiger partial charge in [-0.2, -0.15) is 13.2 Å². The standard InChI is InChI=1S/C21H22F3NO4/c1-13(2)20(14-3-8-17-18(11-14)28-10-9-27-17)25-19(26)12-29-16-6-4-15(5-7-16)21(22,23)24/h3-8,11,13,20H,9-10,12H2,1-2H3,(H,25,26)/t20-/m1/s1. The lowest BCUT2D eigenvalue weighted by Gasteiger charge is -2.25. The fourth-order valence-electron chi connectivity index (χ4n) is 2.99. The first kappa shape index (κ1) is 20.8. The van der Waals surface area contributed by atoms with Gasteiger partial charge < -0.3 is 19.5 Å². The van der Waals surface area contributed by atoms with E-state index in [1.807, 2.05) is 32.0 Å². The van der Waals surface area contributed by atoms with Gasteiger partial charge in [-0.15, -0.1) is 0 Å². The number of carbonyl (C=O) groups is 1. The monoisotopic (exact) mass is 409 g/mol. The molecule has 156 valence electrons. The largest absolute Gasteiger partial charge is 0.486 e. The van der Waals surface area contributed by atoms with Gasteiger partial charge in [-0.05, 0) is 47.9 Å². The van der Waals surface area contributed by atoms with Crippen LogP contribution in [0.5, 0.6) is 17.2 Å². The van der Waals surface area contributed by atoms with E-state index in [9.17, 15) is 18.0 Å². The van der Waals surface area contributed by atoms with E-state index in [4.69, 9.17) is 14.2 Å². The molecule has 0 radical (unpaired) electrons. The van der Waals surface area contributed by atoms with Crippen molar-refractivity contribution in [2.75, 3.05) is 19.8 Å². The lowest BCUT2D eigenvalue weighted by molar-refractivity contribution is -0.137. The third-order valence-electron chi connectivity index (χ3n) is 4.46. The van der Waals surface area contributed by atoms with E-state index in [1.54, 1.807) is 0 Å². The summed E-state index contributed by atoms with van der Waals surface area (Å²) in [6.45, 7) is 4.60. The number of halogens is 3. The van der Waals surface area contributed by atoms with Gasteiger partial charge in [0.25, 0.3) is 5.91 Å². The van der Waals surface area contributed by atoms with Crippen molar-refractivity contribution in [2.24, 2.45) is 5.92 Å². The number of carbonyl (C=O) groups excluding carboxylic acids is 1. The van der Waals surface area contributed by atoms with E-state index in [1.165, 1.54) is 12.1 Å². The molecule has 1 aliphatic heterocycles. The Morgan fingerprint density at radius 1 is 1.07 bits per heavy atom. The van der Waals surface area contributed by atoms with Crippen molar-refractivity contribution < 1.29 is 32.2 Å². The first-order valence-electron chi connectivity index (χ1n) is 9.23. The van der Waals surface area contributed by atoms with E-state index in [2.05, 4.69) is 5.32 Å². The number of ether oxygens (including phenoxy) is 3. The SMILES string of the molecule is CC(C)[C@@H](NC(=O)COc1ccc(C(F)(F)F)cc1)c1ccc2c(c1)OCCO2. The number of amides is 1. The van der Waals surface area contributed by atoms with Crippen LogP contribution in [0, 0.1) is 5.92 Å². The van der Waals surface area contributed by atoms with Gasteiger partial charge in [0, 0.05) is 0 Å². The van der Waals surface area contributed by atoms with Crippen molar-refractivity contribution in [1.29, 1.82) is 0 Å². The molecule has 3 rings (SSSR count). The highest BCUT2D eigenvalue weighted by Gasteiger charge is 2.30. The molecule has 0 saturated carbocycles. The molecule has 29 heavy (non-hydrogen) atoms. The van der Waals surface area contributed by atoms with Crippen molar-refractivity contribution in [1.82, 2.24) is 5.32 Å². The highest BCUT2D eigenvalue weighted by molar-refractivity contribution is 5.78. The number of benzene rings is 2. The second kappa shape index (κ2) is 8.63. The van der Waals surface area contributed by atoms with E-state index >= 15 is 0 Å². The second-order valence-corrected chi connectivity index (χ2v) is 7.00. The highest BCUT2D eigenvalue weighted by Crippen LogP contribution is 2.34. The average Bonchev–Trinajstić information content (AvgIpc) is 2.69. The minimum Gasteiger partial charge on any atom is -0.486 e. The van der Waals surface area contributed by atoms with Gasteiger partial charge in [0.2, 0.25) is 0 Å². The molecule has 0 saturated heterocycles. The molecular weight excluding hydrogens is 387 g/mol. The maximum Gasteiger partial charge on any atom is 0.416 e. The highest BCUT2D eigenvalue weighted by atomic mass is 19.4. The fraction of sp³-hybridized carbons (Fsp3) is 0.381. The van der Waals surface area contributed by atoms with E-state index in [0.717, 1.165) is 17.7 Å². The summed E-state index contributed by atoms with van der Waals surface area (Å²) >= 11 is 0. The minimum absolute atomic E-state index is 0.0904. The van der Waals surface area contributed by atoms with Gasteiger partial charge >= 0.3 is 6.18 Å². The Balaban J connectivity index is 1.61. The van der Waals surface area contributed by atoms with Crippen LogP contribution in [0.2, 0.25) is 0 Å². The third-order valence-corrected chi connectivity index (χ3v) is 4.46. The molecule has 1 atom stereocenters. The van der Waals surface area contributed by atoms with Gasteiger partial charge in [-0.25, -0.2) is 0 Å². The smallest absolute Gasteiger partial charge is 0.416 e. The average molecular weight is 409 g/mol. The van der Waals surface area contributed by atoms with Crippen LogP contribution >= 0.6 is 0 Å². The molecular formula is C21H22F3NO4. The zero-order valence-corrected chi connectivity index (χ0v) is 16.1. The quantitative estimate of drug-likeness (QED) is 0.770. The summed E-state index contributed by atoms with van der Waals surface area (Å²) < 4.78 is 54.2. The molecule has 1 N–H and O–H groups in total. The fourth-order valence-corrected chi connectivity index (χ4v) is 2.99. The van der Waals surface area contributed by atoms with Crippen LogP contribution in [0.1, 0.15) is 31.0 Å². The number of hydrogen-bond acceptors (Lipinski definition) is 4. The number of fused-ring (bicyclic) bond motifs is 1. The van der Waals surface area contributed by atoms with Crippen LogP contribution in [0.15, 0.2) is 42.5 Å². The predicted octanol–water partition coefficient (Wildman–Crippen LogP) is 4.37. The summed E-state index contributed by atoms with van der Waals surface area (Å²) in [5, 5.41) is 2.91. The molecule has 8 heteroatoms.